The zero-order valence-electron chi connectivity index (χ0n) is 14.2. The Morgan fingerprint density at radius 2 is 2.12 bits per heavy atom. The Kier molecular flexibility index (Phi) is 5.78. The highest BCUT2D eigenvalue weighted by atomic mass is 16.6. The molecule has 0 aliphatic carbocycles. The summed E-state index contributed by atoms with van der Waals surface area (Å²) in [5, 5.41) is 14.4. The number of amides is 1. The van der Waals surface area contributed by atoms with Crippen LogP contribution in [-0.2, 0) is 4.74 Å². The van der Waals surface area contributed by atoms with Crippen LogP contribution in [0.15, 0.2) is 12.1 Å². The number of anilines is 2. The maximum atomic E-state index is 11.7. The van der Waals surface area contributed by atoms with E-state index in [9.17, 15) is 14.9 Å². The van der Waals surface area contributed by atoms with Crippen molar-refractivity contribution < 1.29 is 14.5 Å². The van der Waals surface area contributed by atoms with Crippen molar-refractivity contribution in [1.82, 2.24) is 9.88 Å². The summed E-state index contributed by atoms with van der Waals surface area (Å²) >= 11 is 0. The lowest BCUT2D eigenvalue weighted by Crippen LogP contribution is -2.42. The average Bonchev–Trinajstić information content (AvgIpc) is 2.55. The van der Waals surface area contributed by atoms with Gasteiger partial charge < -0.3 is 19.9 Å². The number of hydrogen-bond acceptors (Lipinski definition) is 7. The fourth-order valence-electron chi connectivity index (χ4n) is 2.56. The van der Waals surface area contributed by atoms with Crippen LogP contribution in [0.1, 0.15) is 19.8 Å². The van der Waals surface area contributed by atoms with Crippen molar-refractivity contribution >= 4 is 23.4 Å². The van der Waals surface area contributed by atoms with Gasteiger partial charge in [0.15, 0.2) is 0 Å². The van der Waals surface area contributed by atoms with Gasteiger partial charge in [-0.1, -0.05) is 0 Å². The molecular formula is C15H23N5O4. The van der Waals surface area contributed by atoms with E-state index in [0.717, 1.165) is 0 Å². The third kappa shape index (κ3) is 4.24. The zero-order chi connectivity index (χ0) is 17.7. The molecule has 9 heteroatoms. The van der Waals surface area contributed by atoms with Gasteiger partial charge in [0, 0.05) is 39.3 Å². The molecule has 1 N–H and O–H groups in total. The van der Waals surface area contributed by atoms with E-state index < -0.39 is 4.92 Å². The molecule has 1 aliphatic heterocycles. The van der Waals surface area contributed by atoms with E-state index in [1.807, 2.05) is 14.1 Å². The van der Waals surface area contributed by atoms with E-state index in [-0.39, 0.29) is 23.6 Å². The van der Waals surface area contributed by atoms with E-state index >= 15 is 0 Å². The second-order valence-electron chi connectivity index (χ2n) is 5.79. The number of ether oxygens (including phenoxy) is 1. The molecule has 1 aliphatic rings. The fourth-order valence-corrected chi connectivity index (χ4v) is 2.56. The van der Waals surface area contributed by atoms with Crippen LogP contribution >= 0.6 is 0 Å². The first kappa shape index (κ1) is 17.8. The van der Waals surface area contributed by atoms with Crippen molar-refractivity contribution in [3.63, 3.8) is 0 Å². The normalized spacial score (nSPS) is 15.0. The number of carbonyl (C=O) groups excluding carboxylic acids is 1. The van der Waals surface area contributed by atoms with Gasteiger partial charge in [-0.2, -0.15) is 0 Å². The Balaban J connectivity index is 2.05. The zero-order valence-corrected chi connectivity index (χ0v) is 14.2. The maximum absolute atomic E-state index is 11.7. The molecule has 0 saturated carbocycles. The van der Waals surface area contributed by atoms with Gasteiger partial charge in [-0.25, -0.2) is 9.78 Å². The quantitative estimate of drug-likeness (QED) is 0.648. The molecule has 2 rings (SSSR count). The van der Waals surface area contributed by atoms with E-state index in [0.29, 0.717) is 38.4 Å². The van der Waals surface area contributed by atoms with Crippen molar-refractivity contribution in [3.8, 4) is 0 Å². The molecule has 132 valence electrons. The van der Waals surface area contributed by atoms with Crippen LogP contribution in [0.5, 0.6) is 0 Å². The Bertz CT molecular complexity index is 600. The van der Waals surface area contributed by atoms with Crippen LogP contribution in [0, 0.1) is 10.1 Å². The summed E-state index contributed by atoms with van der Waals surface area (Å²) in [4.78, 5) is 30.2. The molecule has 1 aromatic rings. The molecule has 0 aromatic carbocycles. The molecule has 1 aromatic heterocycles. The SMILES string of the molecule is CCOC(=O)N1CCC(Nc2nc(N(C)C)ccc2[N+](=O)[O-])CC1. The summed E-state index contributed by atoms with van der Waals surface area (Å²) in [5.41, 5.74) is -0.0478. The first-order chi connectivity index (χ1) is 11.4. The Morgan fingerprint density at radius 3 is 2.67 bits per heavy atom. The van der Waals surface area contributed by atoms with Crippen molar-refractivity contribution in [3.05, 3.63) is 22.2 Å². The fraction of sp³-hybridized carbons (Fsp3) is 0.600. The molecule has 24 heavy (non-hydrogen) atoms. The minimum atomic E-state index is -0.442. The number of carbonyl (C=O) groups is 1. The molecule has 9 nitrogen and oxygen atoms in total. The number of nitrogens with zero attached hydrogens (tertiary/aromatic N) is 4. The molecule has 1 saturated heterocycles. The van der Waals surface area contributed by atoms with E-state index in [2.05, 4.69) is 10.3 Å². The van der Waals surface area contributed by atoms with Crippen molar-refractivity contribution in [2.45, 2.75) is 25.8 Å². The lowest BCUT2D eigenvalue weighted by molar-refractivity contribution is -0.384. The van der Waals surface area contributed by atoms with Gasteiger partial charge in [0.1, 0.15) is 5.82 Å². The number of hydrogen-bond donors (Lipinski definition) is 1. The van der Waals surface area contributed by atoms with Gasteiger partial charge in [-0.05, 0) is 25.8 Å². The molecule has 0 bridgehead atoms. The number of nitro groups is 1. The largest absolute Gasteiger partial charge is 0.450 e. The number of rotatable bonds is 5. The first-order valence-corrected chi connectivity index (χ1v) is 7.93. The van der Waals surface area contributed by atoms with Gasteiger partial charge in [0.25, 0.3) is 0 Å². The molecule has 1 amide bonds. The number of piperidine rings is 1. The van der Waals surface area contributed by atoms with Gasteiger partial charge in [0.2, 0.25) is 5.82 Å². The predicted octanol–water partition coefficient (Wildman–Crippen LogP) is 2.09. The minimum Gasteiger partial charge on any atom is -0.450 e. The number of likely N-dealkylation sites (tertiary alicyclic amines) is 1. The van der Waals surface area contributed by atoms with Gasteiger partial charge >= 0.3 is 11.8 Å². The monoisotopic (exact) mass is 337 g/mol. The molecular weight excluding hydrogens is 314 g/mol. The summed E-state index contributed by atoms with van der Waals surface area (Å²) < 4.78 is 4.99. The third-order valence-electron chi connectivity index (χ3n) is 3.88. The second kappa shape index (κ2) is 7.80. The second-order valence-corrected chi connectivity index (χ2v) is 5.79. The first-order valence-electron chi connectivity index (χ1n) is 7.93. The summed E-state index contributed by atoms with van der Waals surface area (Å²) in [6.45, 7) is 3.23. The van der Waals surface area contributed by atoms with E-state index in [1.165, 1.54) is 6.07 Å². The highest BCUT2D eigenvalue weighted by Gasteiger charge is 2.26. The van der Waals surface area contributed by atoms with Gasteiger partial charge in [-0.15, -0.1) is 0 Å². The van der Waals surface area contributed by atoms with E-state index in [4.69, 9.17) is 4.74 Å². The lowest BCUT2D eigenvalue weighted by atomic mass is 10.1. The van der Waals surface area contributed by atoms with Crippen LogP contribution in [-0.4, -0.2) is 60.7 Å². The van der Waals surface area contributed by atoms with Crippen molar-refractivity contribution in [1.29, 1.82) is 0 Å². The Labute approximate surface area is 140 Å². The average molecular weight is 337 g/mol. The van der Waals surface area contributed by atoms with Gasteiger partial charge in [-0.3, -0.25) is 10.1 Å². The predicted molar refractivity (Wildman–Crippen MR) is 90.5 cm³/mol. The molecule has 2 heterocycles. The molecule has 0 spiro atoms. The molecule has 1 fully saturated rings. The number of pyridine rings is 1. The molecule has 0 atom stereocenters. The summed E-state index contributed by atoms with van der Waals surface area (Å²) in [6, 6.07) is 3.10. The Hall–Kier alpha value is -2.58. The van der Waals surface area contributed by atoms with Crippen LogP contribution in [0.3, 0.4) is 0 Å². The number of aromatic nitrogens is 1. The van der Waals surface area contributed by atoms with Crippen LogP contribution in [0.4, 0.5) is 22.1 Å². The van der Waals surface area contributed by atoms with Crippen LogP contribution in [0.25, 0.3) is 0 Å². The minimum absolute atomic E-state index is 0.0271. The smallest absolute Gasteiger partial charge is 0.409 e. The highest BCUT2D eigenvalue weighted by molar-refractivity contribution is 5.67. The molecule has 0 unspecified atom stereocenters. The van der Waals surface area contributed by atoms with Crippen molar-refractivity contribution in [2.24, 2.45) is 0 Å². The van der Waals surface area contributed by atoms with Crippen LogP contribution < -0.4 is 10.2 Å². The topological polar surface area (TPSA) is 101 Å². The summed E-state index contributed by atoms with van der Waals surface area (Å²) in [5.74, 6) is 0.910. The standard InChI is InChI=1S/C15H23N5O4/c1-4-24-15(21)19-9-7-11(8-10-19)16-14-12(20(22)23)5-6-13(17-14)18(2)3/h5-6,11H,4,7-10H2,1-3H3,(H,16,17). The Morgan fingerprint density at radius 1 is 1.46 bits per heavy atom. The summed E-state index contributed by atoms with van der Waals surface area (Å²) in [7, 11) is 3.66. The van der Waals surface area contributed by atoms with Gasteiger partial charge in [0.05, 0.1) is 11.5 Å². The lowest BCUT2D eigenvalue weighted by Gasteiger charge is -2.31. The molecule has 0 radical (unpaired) electrons. The third-order valence-corrected chi connectivity index (χ3v) is 3.88. The highest BCUT2D eigenvalue weighted by Crippen LogP contribution is 2.27. The van der Waals surface area contributed by atoms with E-state index in [1.54, 1.807) is 22.8 Å². The summed E-state index contributed by atoms with van der Waals surface area (Å²) in [6.07, 6.45) is 1.06. The van der Waals surface area contributed by atoms with Crippen molar-refractivity contribution in [2.75, 3.05) is 44.0 Å². The number of nitrogens with one attached hydrogen (secondary N) is 1. The van der Waals surface area contributed by atoms with Crippen LogP contribution in [0.2, 0.25) is 0 Å². The maximum Gasteiger partial charge on any atom is 0.409 e.